The summed E-state index contributed by atoms with van der Waals surface area (Å²) in [6.45, 7) is 5.51. The highest BCUT2D eigenvalue weighted by Crippen LogP contribution is 2.28. The average molecular weight is 439 g/mol. The first-order valence-electron chi connectivity index (χ1n) is 10.7. The Balaban J connectivity index is 1.37. The number of halogens is 1. The molecule has 1 atom stereocenters. The Morgan fingerprint density at radius 2 is 1.94 bits per heavy atom. The number of likely N-dealkylation sites (N-methyl/N-ethyl adjacent to an activating group) is 1. The molecular formula is C23H27FN6O2. The van der Waals surface area contributed by atoms with E-state index in [0.717, 1.165) is 43.0 Å². The van der Waals surface area contributed by atoms with Crippen LogP contribution in [0.3, 0.4) is 0 Å². The maximum Gasteiger partial charge on any atom is 0.227 e. The van der Waals surface area contributed by atoms with Gasteiger partial charge in [0.1, 0.15) is 5.82 Å². The van der Waals surface area contributed by atoms with E-state index in [1.807, 2.05) is 6.92 Å². The Kier molecular flexibility index (Phi) is 6.75. The van der Waals surface area contributed by atoms with E-state index in [9.17, 15) is 9.18 Å². The van der Waals surface area contributed by atoms with Crippen molar-refractivity contribution in [3.8, 4) is 11.4 Å². The summed E-state index contributed by atoms with van der Waals surface area (Å²) in [5, 5.41) is 6.93. The quantitative estimate of drug-likeness (QED) is 0.607. The highest BCUT2D eigenvalue weighted by molar-refractivity contribution is 5.77. The maximum absolute atomic E-state index is 14.0. The van der Waals surface area contributed by atoms with Crippen molar-refractivity contribution in [1.29, 1.82) is 0 Å². The van der Waals surface area contributed by atoms with Gasteiger partial charge in [0.05, 0.1) is 6.04 Å². The third-order valence-electron chi connectivity index (χ3n) is 5.65. The summed E-state index contributed by atoms with van der Waals surface area (Å²) in [6.07, 6.45) is 3.83. The van der Waals surface area contributed by atoms with Crippen molar-refractivity contribution in [3.05, 3.63) is 60.0 Å². The van der Waals surface area contributed by atoms with Crippen molar-refractivity contribution >= 4 is 11.6 Å². The van der Waals surface area contributed by atoms with E-state index >= 15 is 0 Å². The van der Waals surface area contributed by atoms with Gasteiger partial charge in [-0.3, -0.25) is 9.78 Å². The number of benzene rings is 1. The lowest BCUT2D eigenvalue weighted by Gasteiger charge is -2.36. The van der Waals surface area contributed by atoms with Crippen LogP contribution in [0.2, 0.25) is 0 Å². The Labute approximate surface area is 186 Å². The van der Waals surface area contributed by atoms with Gasteiger partial charge in [-0.25, -0.2) is 4.39 Å². The third kappa shape index (κ3) is 5.28. The van der Waals surface area contributed by atoms with Crippen LogP contribution in [-0.4, -0.2) is 59.2 Å². The van der Waals surface area contributed by atoms with Gasteiger partial charge in [0, 0.05) is 68.2 Å². The lowest BCUT2D eigenvalue weighted by atomic mass is 10.0. The van der Waals surface area contributed by atoms with Gasteiger partial charge in [-0.2, -0.15) is 4.98 Å². The molecule has 0 saturated carbocycles. The summed E-state index contributed by atoms with van der Waals surface area (Å²) in [6, 6.07) is 8.04. The largest absolute Gasteiger partial charge is 0.369 e. The van der Waals surface area contributed by atoms with Gasteiger partial charge in [-0.1, -0.05) is 5.16 Å². The second kappa shape index (κ2) is 9.86. The number of carbonyl (C=O) groups is 1. The maximum atomic E-state index is 14.0. The summed E-state index contributed by atoms with van der Waals surface area (Å²) in [4.78, 5) is 25.4. The molecule has 1 saturated heterocycles. The lowest BCUT2D eigenvalue weighted by Crippen LogP contribution is -2.45. The van der Waals surface area contributed by atoms with Crippen LogP contribution in [-0.2, 0) is 11.2 Å². The smallest absolute Gasteiger partial charge is 0.227 e. The molecule has 32 heavy (non-hydrogen) atoms. The fourth-order valence-electron chi connectivity index (χ4n) is 3.79. The molecule has 168 valence electrons. The van der Waals surface area contributed by atoms with E-state index in [4.69, 9.17) is 4.52 Å². The Hall–Kier alpha value is -3.33. The first-order valence-corrected chi connectivity index (χ1v) is 10.7. The monoisotopic (exact) mass is 438 g/mol. The fraction of sp³-hybridized carbons (Fsp3) is 0.391. The van der Waals surface area contributed by atoms with E-state index < -0.39 is 0 Å². The molecule has 1 fully saturated rings. The molecule has 4 rings (SSSR count). The third-order valence-corrected chi connectivity index (χ3v) is 5.65. The number of rotatable bonds is 7. The molecule has 9 heteroatoms. The molecule has 1 aliphatic rings. The highest BCUT2D eigenvalue weighted by atomic mass is 19.1. The molecule has 0 aliphatic carbocycles. The van der Waals surface area contributed by atoms with E-state index in [1.54, 1.807) is 30.6 Å². The number of aromatic nitrogens is 3. The second-order valence-electron chi connectivity index (χ2n) is 8.03. The molecule has 0 radical (unpaired) electrons. The van der Waals surface area contributed by atoms with Gasteiger partial charge in [-0.15, -0.1) is 0 Å². The molecule has 2 aromatic heterocycles. The fourth-order valence-corrected chi connectivity index (χ4v) is 3.79. The van der Waals surface area contributed by atoms with Crippen molar-refractivity contribution in [3.63, 3.8) is 0 Å². The topological polar surface area (TPSA) is 87.4 Å². The van der Waals surface area contributed by atoms with Gasteiger partial charge in [0.15, 0.2) is 0 Å². The van der Waals surface area contributed by atoms with Crippen LogP contribution >= 0.6 is 0 Å². The Bertz CT molecular complexity index is 1050. The van der Waals surface area contributed by atoms with Crippen LogP contribution in [0.15, 0.2) is 47.2 Å². The number of amides is 1. The minimum atomic E-state index is -0.331. The number of carbonyl (C=O) groups excluding carboxylic acids is 1. The Morgan fingerprint density at radius 3 is 2.69 bits per heavy atom. The average Bonchev–Trinajstić information content (AvgIpc) is 3.28. The van der Waals surface area contributed by atoms with Gasteiger partial charge in [0.2, 0.25) is 17.6 Å². The second-order valence-corrected chi connectivity index (χ2v) is 8.03. The zero-order valence-corrected chi connectivity index (χ0v) is 18.3. The summed E-state index contributed by atoms with van der Waals surface area (Å²) in [7, 11) is 2.09. The molecule has 1 aliphatic heterocycles. The van der Waals surface area contributed by atoms with Crippen LogP contribution in [0, 0.1) is 5.82 Å². The van der Waals surface area contributed by atoms with Crippen molar-refractivity contribution in [2.45, 2.75) is 25.8 Å². The molecule has 1 aromatic carbocycles. The summed E-state index contributed by atoms with van der Waals surface area (Å²) in [5.74, 6) is 0.388. The SMILES string of the molecule is CC(NC(=O)CCc1nc(-c2ccncc2)no1)c1cc(F)ccc1N1CCN(C)CC1. The Morgan fingerprint density at radius 1 is 1.19 bits per heavy atom. The summed E-state index contributed by atoms with van der Waals surface area (Å²) < 4.78 is 19.3. The minimum Gasteiger partial charge on any atom is -0.369 e. The number of nitrogens with zero attached hydrogens (tertiary/aromatic N) is 5. The van der Waals surface area contributed by atoms with Crippen LogP contribution in [0.25, 0.3) is 11.4 Å². The van der Waals surface area contributed by atoms with Crippen molar-refractivity contribution in [1.82, 2.24) is 25.3 Å². The van der Waals surface area contributed by atoms with E-state index in [2.05, 4.69) is 37.3 Å². The van der Waals surface area contributed by atoms with Crippen LogP contribution in [0.1, 0.15) is 30.8 Å². The lowest BCUT2D eigenvalue weighted by molar-refractivity contribution is -0.121. The summed E-state index contributed by atoms with van der Waals surface area (Å²) in [5.41, 5.74) is 2.54. The first-order chi connectivity index (χ1) is 15.5. The van der Waals surface area contributed by atoms with Crippen molar-refractivity contribution < 1.29 is 13.7 Å². The zero-order chi connectivity index (χ0) is 22.5. The number of anilines is 1. The number of aryl methyl sites for hydroxylation is 1. The van der Waals surface area contributed by atoms with E-state index in [-0.39, 0.29) is 24.2 Å². The standard InChI is InChI=1S/C23H27FN6O2/c1-16(19-15-18(24)3-4-20(19)30-13-11-29(2)12-14-30)26-21(31)5-6-22-27-23(28-32-22)17-7-9-25-10-8-17/h3-4,7-10,15-16H,5-6,11-14H2,1-2H3,(H,26,31). The van der Waals surface area contributed by atoms with Crippen molar-refractivity contribution in [2.24, 2.45) is 0 Å². The molecule has 8 nitrogen and oxygen atoms in total. The molecule has 0 bridgehead atoms. The van der Waals surface area contributed by atoms with Gasteiger partial charge >= 0.3 is 0 Å². The molecule has 1 unspecified atom stereocenters. The number of hydrogen-bond donors (Lipinski definition) is 1. The van der Waals surface area contributed by atoms with Crippen LogP contribution in [0.5, 0.6) is 0 Å². The van der Waals surface area contributed by atoms with Gasteiger partial charge < -0.3 is 19.6 Å². The normalized spacial score (nSPS) is 15.5. The van der Waals surface area contributed by atoms with E-state index in [1.165, 1.54) is 12.1 Å². The molecule has 1 N–H and O–H groups in total. The van der Waals surface area contributed by atoms with Gasteiger partial charge in [-0.05, 0) is 44.3 Å². The predicted molar refractivity (Wildman–Crippen MR) is 119 cm³/mol. The number of piperazine rings is 1. The molecule has 1 amide bonds. The first kappa shape index (κ1) is 21.9. The number of pyridine rings is 1. The van der Waals surface area contributed by atoms with Crippen LogP contribution in [0.4, 0.5) is 10.1 Å². The molecule has 3 aromatic rings. The van der Waals surface area contributed by atoms with Crippen molar-refractivity contribution in [2.75, 3.05) is 38.1 Å². The minimum absolute atomic E-state index is 0.158. The molecule has 3 heterocycles. The van der Waals surface area contributed by atoms with Gasteiger partial charge in [0.25, 0.3) is 0 Å². The molecule has 0 spiro atoms. The number of nitrogens with one attached hydrogen (secondary N) is 1. The summed E-state index contributed by atoms with van der Waals surface area (Å²) >= 11 is 0. The predicted octanol–water partition coefficient (Wildman–Crippen LogP) is 2.83. The molecular weight excluding hydrogens is 411 g/mol. The van der Waals surface area contributed by atoms with Crippen LogP contribution < -0.4 is 10.2 Å². The highest BCUT2D eigenvalue weighted by Gasteiger charge is 2.21. The number of hydrogen-bond acceptors (Lipinski definition) is 7. The zero-order valence-electron chi connectivity index (χ0n) is 18.3. The van der Waals surface area contributed by atoms with E-state index in [0.29, 0.717) is 18.1 Å².